The Morgan fingerprint density at radius 3 is 2.25 bits per heavy atom. The van der Waals surface area contributed by atoms with E-state index in [-0.39, 0.29) is 25.6 Å². The first-order valence-corrected chi connectivity index (χ1v) is 21.9. The van der Waals surface area contributed by atoms with Crippen molar-refractivity contribution < 1.29 is 42.9 Å². The lowest BCUT2D eigenvalue weighted by Gasteiger charge is -2.27. The molecule has 3 aromatic heterocycles. The second-order valence-corrected chi connectivity index (χ2v) is 16.4. The van der Waals surface area contributed by atoms with Gasteiger partial charge in [0.1, 0.15) is 47.9 Å². The van der Waals surface area contributed by atoms with Crippen LogP contribution < -0.4 is 5.73 Å². The van der Waals surface area contributed by atoms with Crippen LogP contribution in [0.1, 0.15) is 133 Å². The van der Waals surface area contributed by atoms with Crippen molar-refractivity contribution in [2.24, 2.45) is 0 Å². The number of rotatable bonds is 29. The summed E-state index contributed by atoms with van der Waals surface area (Å²) in [4.78, 5) is 18.6. The molecule has 0 aromatic carbocycles. The maximum Gasteiger partial charge on any atom is 0.472 e. The first kappa shape index (κ1) is 45.7. The zero-order chi connectivity index (χ0) is 40.2. The third kappa shape index (κ3) is 14.4. The van der Waals surface area contributed by atoms with Crippen LogP contribution in [0.15, 0.2) is 36.9 Å². The van der Waals surface area contributed by atoms with Crippen molar-refractivity contribution in [2.75, 3.05) is 32.2 Å². The summed E-state index contributed by atoms with van der Waals surface area (Å²) in [5.41, 5.74) is 6.41. The van der Waals surface area contributed by atoms with Crippen LogP contribution in [0.2, 0.25) is 0 Å². The highest BCUT2D eigenvalue weighted by Gasteiger charge is 2.54. The molecule has 1 aliphatic heterocycles. The zero-order valence-corrected chi connectivity index (χ0v) is 34.1. The Bertz CT molecular complexity index is 1670. The molecule has 3 aromatic rings. The standard InChI is InChI=1S/C40H63N6O9P/c1-3-4-5-6-7-8-9-10-11-12-13-14-15-16-17-18-21-51-27-33(52-26-32-22-31(23-41)24-43-25-32)28-53-56(49,50)54-29-35-37(47)38(48)40(2,55-35)36-20-19-34-39(42)44-30-45-46(34)36/h19-20,22,24-25,30,33,35,37-38,47-48H,3-18,21,26-29H2,1-2H3,(H,49,50)(H2,42,44,45)/t33-,35-,37-,38-,40+/m1/s1. The number of ether oxygens (including phenoxy) is 3. The molecule has 5 N–H and O–H groups in total. The van der Waals surface area contributed by atoms with Crippen LogP contribution in [0.3, 0.4) is 0 Å². The summed E-state index contributed by atoms with van der Waals surface area (Å²) in [6, 6.07) is 7.01. The molecule has 0 aliphatic carbocycles. The first-order chi connectivity index (χ1) is 27.1. The van der Waals surface area contributed by atoms with Crippen LogP contribution in [-0.2, 0) is 40.0 Å². The maximum atomic E-state index is 13.0. The summed E-state index contributed by atoms with van der Waals surface area (Å²) in [5, 5.41) is 35.2. The average Bonchev–Trinajstić information content (AvgIpc) is 3.74. The summed E-state index contributed by atoms with van der Waals surface area (Å²) in [6.45, 7) is 3.59. The van der Waals surface area contributed by atoms with E-state index in [4.69, 9.17) is 29.0 Å². The molecule has 6 atom stereocenters. The van der Waals surface area contributed by atoms with Crippen molar-refractivity contribution in [3.05, 3.63) is 53.7 Å². The van der Waals surface area contributed by atoms with Crippen molar-refractivity contribution in [1.82, 2.24) is 19.6 Å². The fraction of sp³-hybridized carbons (Fsp3) is 0.700. The topological polar surface area (TPSA) is 217 Å². The Hall–Kier alpha value is -3.03. The quantitative estimate of drug-likeness (QED) is 0.0414. The molecule has 15 nitrogen and oxygen atoms in total. The fourth-order valence-electron chi connectivity index (χ4n) is 6.99. The highest BCUT2D eigenvalue weighted by Crippen LogP contribution is 2.46. The molecule has 1 fully saturated rings. The molecule has 0 saturated carbocycles. The van der Waals surface area contributed by atoms with Crippen molar-refractivity contribution in [3.8, 4) is 6.07 Å². The van der Waals surface area contributed by atoms with Crippen LogP contribution in [0.4, 0.5) is 5.82 Å². The number of nitrogen functional groups attached to an aromatic ring is 1. The molecule has 1 unspecified atom stereocenters. The minimum absolute atomic E-state index is 0.0686. The van der Waals surface area contributed by atoms with E-state index >= 15 is 0 Å². The SMILES string of the molecule is CCCCCCCCCCCCCCCCCCOC[C@H](COP(=O)(O)OC[C@H]1O[C@@](C)(c2ccc3c(N)ncnn23)[C@H](O)[C@@H]1O)OCc1cncc(C#N)c1. The maximum absolute atomic E-state index is 13.0. The summed E-state index contributed by atoms with van der Waals surface area (Å²) in [7, 11) is -4.69. The lowest BCUT2D eigenvalue weighted by Crippen LogP contribution is -2.39. The number of unbranched alkanes of at least 4 members (excludes halogenated alkanes) is 15. The van der Waals surface area contributed by atoms with Gasteiger partial charge in [-0.15, -0.1) is 0 Å². The highest BCUT2D eigenvalue weighted by atomic mass is 31.2. The first-order valence-electron chi connectivity index (χ1n) is 20.4. The van der Waals surface area contributed by atoms with Gasteiger partial charge in [0.05, 0.1) is 37.7 Å². The fourth-order valence-corrected chi connectivity index (χ4v) is 7.76. The van der Waals surface area contributed by atoms with E-state index in [9.17, 15) is 24.9 Å². The Balaban J connectivity index is 1.16. The number of nitriles is 1. The predicted molar refractivity (Wildman–Crippen MR) is 211 cm³/mol. The van der Waals surface area contributed by atoms with Gasteiger partial charge in [0.2, 0.25) is 0 Å². The number of aromatic nitrogens is 4. The molecule has 16 heteroatoms. The molecule has 0 spiro atoms. The van der Waals surface area contributed by atoms with Gasteiger partial charge in [0.25, 0.3) is 0 Å². The number of nitrogens with zero attached hydrogens (tertiary/aromatic N) is 5. The van der Waals surface area contributed by atoms with E-state index in [1.54, 1.807) is 31.3 Å². The zero-order valence-electron chi connectivity index (χ0n) is 33.2. The van der Waals surface area contributed by atoms with Gasteiger partial charge in [0, 0.05) is 19.0 Å². The minimum atomic E-state index is -4.69. The summed E-state index contributed by atoms with van der Waals surface area (Å²) >= 11 is 0. The van der Waals surface area contributed by atoms with Gasteiger partial charge >= 0.3 is 7.82 Å². The van der Waals surface area contributed by atoms with Gasteiger partial charge in [-0.1, -0.05) is 103 Å². The van der Waals surface area contributed by atoms with E-state index in [1.165, 1.54) is 101 Å². The van der Waals surface area contributed by atoms with E-state index in [0.29, 0.717) is 28.9 Å². The lowest BCUT2D eigenvalue weighted by atomic mass is 9.93. The number of phosphoric ester groups is 1. The van der Waals surface area contributed by atoms with Crippen LogP contribution in [0.5, 0.6) is 0 Å². The summed E-state index contributed by atoms with van der Waals surface area (Å²) < 4.78 is 42.9. The second-order valence-electron chi connectivity index (χ2n) is 14.9. The number of nitrogens with two attached hydrogens (primary N) is 1. The molecule has 312 valence electrons. The van der Waals surface area contributed by atoms with Gasteiger partial charge in [-0.2, -0.15) is 10.4 Å². The molecule has 0 bridgehead atoms. The minimum Gasteiger partial charge on any atom is -0.387 e. The molecule has 4 heterocycles. The monoisotopic (exact) mass is 802 g/mol. The van der Waals surface area contributed by atoms with E-state index < -0.39 is 44.4 Å². The summed E-state index contributed by atoms with van der Waals surface area (Å²) in [6.07, 6.45) is 19.9. The molecule has 0 amide bonds. The van der Waals surface area contributed by atoms with Crippen LogP contribution >= 0.6 is 7.82 Å². The number of hydrogen-bond acceptors (Lipinski definition) is 13. The Morgan fingerprint density at radius 1 is 0.964 bits per heavy atom. The van der Waals surface area contributed by atoms with Gasteiger partial charge in [-0.05, 0) is 37.1 Å². The number of aliphatic hydroxyl groups is 2. The average molecular weight is 803 g/mol. The van der Waals surface area contributed by atoms with Crippen molar-refractivity contribution in [3.63, 3.8) is 0 Å². The van der Waals surface area contributed by atoms with E-state index in [1.807, 2.05) is 6.07 Å². The second kappa shape index (κ2) is 24.0. The predicted octanol–water partition coefficient (Wildman–Crippen LogP) is 6.91. The van der Waals surface area contributed by atoms with Gasteiger partial charge < -0.3 is 35.1 Å². The summed E-state index contributed by atoms with van der Waals surface area (Å²) in [5.74, 6) is 0.224. The largest absolute Gasteiger partial charge is 0.472 e. The molecule has 0 radical (unpaired) electrons. The number of aliphatic hydroxyl groups excluding tert-OH is 2. The van der Waals surface area contributed by atoms with Crippen molar-refractivity contribution >= 4 is 19.2 Å². The van der Waals surface area contributed by atoms with E-state index in [0.717, 1.165) is 19.3 Å². The highest BCUT2D eigenvalue weighted by molar-refractivity contribution is 7.47. The molecular formula is C40H63N6O9P. The van der Waals surface area contributed by atoms with Crippen molar-refractivity contribution in [1.29, 1.82) is 5.26 Å². The van der Waals surface area contributed by atoms with Crippen LogP contribution in [0, 0.1) is 11.3 Å². The number of hydrogen-bond donors (Lipinski definition) is 4. The molecular weight excluding hydrogens is 739 g/mol. The van der Waals surface area contributed by atoms with Gasteiger partial charge in [-0.25, -0.2) is 14.1 Å². The normalized spacial score (nSPS) is 21.3. The number of fused-ring (bicyclic) bond motifs is 1. The van der Waals surface area contributed by atoms with Crippen LogP contribution in [0.25, 0.3) is 5.52 Å². The molecule has 56 heavy (non-hydrogen) atoms. The van der Waals surface area contributed by atoms with E-state index in [2.05, 4.69) is 22.0 Å². The van der Waals surface area contributed by atoms with Gasteiger partial charge in [-0.3, -0.25) is 14.0 Å². The Labute approximate surface area is 331 Å². The molecule has 1 aliphatic rings. The van der Waals surface area contributed by atoms with Crippen LogP contribution in [-0.4, -0.2) is 85.5 Å². The number of pyridine rings is 1. The Morgan fingerprint density at radius 2 is 1.61 bits per heavy atom. The smallest absolute Gasteiger partial charge is 0.387 e. The third-order valence-corrected chi connectivity index (χ3v) is 11.3. The third-order valence-electron chi connectivity index (χ3n) is 10.3. The molecule has 4 rings (SSSR count). The lowest BCUT2D eigenvalue weighted by molar-refractivity contribution is -0.0901. The Kier molecular flexibility index (Phi) is 19.6. The molecule has 1 saturated heterocycles. The number of phosphoric acid groups is 1. The van der Waals surface area contributed by atoms with Crippen molar-refractivity contribution in [2.45, 2.75) is 153 Å². The van der Waals surface area contributed by atoms with Gasteiger partial charge in [0.15, 0.2) is 5.82 Å². The number of anilines is 1.